The van der Waals surface area contributed by atoms with Crippen LogP contribution < -0.4 is 5.32 Å². The van der Waals surface area contributed by atoms with Crippen LogP contribution in [0.25, 0.3) is 0 Å². The molecule has 0 saturated heterocycles. The molecule has 1 aromatic rings. The van der Waals surface area contributed by atoms with Gasteiger partial charge in [-0.25, -0.2) is 4.39 Å². The van der Waals surface area contributed by atoms with E-state index in [9.17, 15) is 9.18 Å². The summed E-state index contributed by atoms with van der Waals surface area (Å²) in [4.78, 5) is 11.4. The van der Waals surface area contributed by atoms with Gasteiger partial charge in [-0.3, -0.25) is 4.79 Å². The predicted octanol–water partition coefficient (Wildman–Crippen LogP) is 2.76. The van der Waals surface area contributed by atoms with Gasteiger partial charge >= 0.3 is 0 Å². The molecule has 0 bridgehead atoms. The zero-order chi connectivity index (χ0) is 10.6. The average molecular weight is 213 g/mol. The summed E-state index contributed by atoms with van der Waals surface area (Å²) in [6.07, 6.45) is 1.71. The second-order valence-corrected chi connectivity index (χ2v) is 3.49. The topological polar surface area (TPSA) is 29.1 Å². The van der Waals surface area contributed by atoms with Gasteiger partial charge in [0, 0.05) is 12.2 Å². The SMILES string of the molecule is CCNc1cc(F)ccc1C(=O)SC. The van der Waals surface area contributed by atoms with Crippen LogP contribution >= 0.6 is 11.8 Å². The fourth-order valence-electron chi connectivity index (χ4n) is 1.14. The summed E-state index contributed by atoms with van der Waals surface area (Å²) in [5.41, 5.74) is 1.09. The molecule has 1 aromatic carbocycles. The standard InChI is InChI=1S/C10H12FNOS/c1-3-12-9-6-7(11)4-5-8(9)10(13)14-2/h4-6,12H,3H2,1-2H3. The van der Waals surface area contributed by atoms with Crippen LogP contribution in [-0.4, -0.2) is 17.9 Å². The van der Waals surface area contributed by atoms with E-state index in [0.717, 1.165) is 11.8 Å². The summed E-state index contributed by atoms with van der Waals surface area (Å²) < 4.78 is 12.9. The molecule has 14 heavy (non-hydrogen) atoms. The number of thioether (sulfide) groups is 1. The highest BCUT2D eigenvalue weighted by atomic mass is 32.2. The molecular formula is C10H12FNOS. The van der Waals surface area contributed by atoms with Crippen molar-refractivity contribution in [2.24, 2.45) is 0 Å². The maximum absolute atomic E-state index is 12.9. The molecule has 0 aliphatic carbocycles. The van der Waals surface area contributed by atoms with Gasteiger partial charge in [0.15, 0.2) is 0 Å². The highest BCUT2D eigenvalue weighted by molar-refractivity contribution is 8.13. The molecule has 0 amide bonds. The lowest BCUT2D eigenvalue weighted by Crippen LogP contribution is -2.04. The Kier molecular flexibility index (Phi) is 3.95. The fraction of sp³-hybridized carbons (Fsp3) is 0.300. The predicted molar refractivity (Wildman–Crippen MR) is 58.4 cm³/mol. The third kappa shape index (κ3) is 2.48. The summed E-state index contributed by atoms with van der Waals surface area (Å²) in [7, 11) is 0. The third-order valence-corrected chi connectivity index (χ3v) is 2.34. The monoisotopic (exact) mass is 213 g/mol. The third-order valence-electron chi connectivity index (χ3n) is 1.75. The van der Waals surface area contributed by atoms with E-state index in [2.05, 4.69) is 5.32 Å². The Balaban J connectivity index is 3.07. The number of halogens is 1. The molecule has 4 heteroatoms. The lowest BCUT2D eigenvalue weighted by molar-refractivity contribution is 0.109. The van der Waals surface area contributed by atoms with E-state index in [1.54, 1.807) is 6.26 Å². The summed E-state index contributed by atoms with van der Waals surface area (Å²) in [5, 5.41) is 2.90. The second kappa shape index (κ2) is 5.00. The Morgan fingerprint density at radius 1 is 1.57 bits per heavy atom. The molecule has 0 atom stereocenters. The number of hydrogen-bond acceptors (Lipinski definition) is 3. The van der Waals surface area contributed by atoms with Gasteiger partial charge in [-0.15, -0.1) is 0 Å². The highest BCUT2D eigenvalue weighted by Crippen LogP contribution is 2.21. The van der Waals surface area contributed by atoms with Crippen molar-refractivity contribution in [1.82, 2.24) is 0 Å². The van der Waals surface area contributed by atoms with Crippen molar-refractivity contribution < 1.29 is 9.18 Å². The number of benzene rings is 1. The summed E-state index contributed by atoms with van der Waals surface area (Å²) in [6.45, 7) is 2.57. The zero-order valence-electron chi connectivity index (χ0n) is 8.13. The molecule has 0 saturated carbocycles. The molecule has 0 radical (unpaired) electrons. The first-order valence-corrected chi connectivity index (χ1v) is 5.53. The van der Waals surface area contributed by atoms with Crippen LogP contribution in [0.3, 0.4) is 0 Å². The molecule has 2 nitrogen and oxygen atoms in total. The summed E-state index contributed by atoms with van der Waals surface area (Å²) >= 11 is 1.12. The minimum Gasteiger partial charge on any atom is -0.385 e. The van der Waals surface area contributed by atoms with Gasteiger partial charge in [0.25, 0.3) is 0 Å². The van der Waals surface area contributed by atoms with Crippen molar-refractivity contribution in [2.75, 3.05) is 18.1 Å². The van der Waals surface area contributed by atoms with Crippen molar-refractivity contribution in [1.29, 1.82) is 0 Å². The van der Waals surface area contributed by atoms with Gasteiger partial charge in [-0.1, -0.05) is 11.8 Å². The minimum atomic E-state index is -0.335. The van der Waals surface area contributed by atoms with Crippen LogP contribution in [0.4, 0.5) is 10.1 Å². The molecule has 0 aromatic heterocycles. The molecular weight excluding hydrogens is 201 g/mol. The molecule has 0 aliphatic heterocycles. The van der Waals surface area contributed by atoms with E-state index < -0.39 is 0 Å². The van der Waals surface area contributed by atoms with E-state index in [4.69, 9.17) is 0 Å². The van der Waals surface area contributed by atoms with E-state index >= 15 is 0 Å². The summed E-state index contributed by atoms with van der Waals surface area (Å²) in [5.74, 6) is -0.335. The van der Waals surface area contributed by atoms with Gasteiger partial charge in [0.2, 0.25) is 5.12 Å². The Hall–Kier alpha value is -1.03. The average Bonchev–Trinajstić information content (AvgIpc) is 2.17. The molecule has 1 N–H and O–H groups in total. The van der Waals surface area contributed by atoms with E-state index in [1.807, 2.05) is 6.92 Å². The zero-order valence-corrected chi connectivity index (χ0v) is 8.95. The van der Waals surface area contributed by atoms with Gasteiger partial charge < -0.3 is 5.32 Å². The van der Waals surface area contributed by atoms with Crippen molar-refractivity contribution in [3.63, 3.8) is 0 Å². The maximum Gasteiger partial charge on any atom is 0.221 e. The first-order chi connectivity index (χ1) is 6.69. The number of nitrogens with one attached hydrogen (secondary N) is 1. The minimum absolute atomic E-state index is 0.0547. The largest absolute Gasteiger partial charge is 0.385 e. The van der Waals surface area contributed by atoms with Gasteiger partial charge in [-0.2, -0.15) is 0 Å². The lowest BCUT2D eigenvalue weighted by atomic mass is 10.2. The van der Waals surface area contributed by atoms with Crippen LogP contribution in [-0.2, 0) is 0 Å². The molecule has 0 fully saturated rings. The smallest absolute Gasteiger partial charge is 0.221 e. The fourth-order valence-corrected chi connectivity index (χ4v) is 1.54. The van der Waals surface area contributed by atoms with Crippen molar-refractivity contribution >= 4 is 22.6 Å². The van der Waals surface area contributed by atoms with Gasteiger partial charge in [0.1, 0.15) is 5.82 Å². The van der Waals surface area contributed by atoms with E-state index in [1.165, 1.54) is 18.2 Å². The van der Waals surface area contributed by atoms with Crippen LogP contribution in [0, 0.1) is 5.82 Å². The Morgan fingerprint density at radius 2 is 2.29 bits per heavy atom. The molecule has 0 aliphatic rings. The van der Waals surface area contributed by atoms with Crippen LogP contribution in [0.15, 0.2) is 18.2 Å². The van der Waals surface area contributed by atoms with Crippen molar-refractivity contribution in [3.05, 3.63) is 29.6 Å². The molecule has 1 rings (SSSR count). The Labute approximate surface area is 86.9 Å². The first kappa shape index (κ1) is 11.0. The number of anilines is 1. The molecule has 0 spiro atoms. The van der Waals surface area contributed by atoms with Gasteiger partial charge in [-0.05, 0) is 31.4 Å². The van der Waals surface area contributed by atoms with Crippen LogP contribution in [0.1, 0.15) is 17.3 Å². The van der Waals surface area contributed by atoms with Crippen molar-refractivity contribution in [3.8, 4) is 0 Å². The van der Waals surface area contributed by atoms with Gasteiger partial charge in [0.05, 0.1) is 5.56 Å². The number of hydrogen-bond donors (Lipinski definition) is 1. The Bertz CT molecular complexity index is 341. The van der Waals surface area contributed by atoms with Crippen LogP contribution in [0.5, 0.6) is 0 Å². The van der Waals surface area contributed by atoms with Crippen LogP contribution in [0.2, 0.25) is 0 Å². The molecule has 0 unspecified atom stereocenters. The second-order valence-electron chi connectivity index (χ2n) is 2.71. The molecule has 76 valence electrons. The van der Waals surface area contributed by atoms with Crippen molar-refractivity contribution in [2.45, 2.75) is 6.92 Å². The normalized spacial score (nSPS) is 9.93. The number of carbonyl (C=O) groups is 1. The maximum atomic E-state index is 12.9. The summed E-state index contributed by atoms with van der Waals surface area (Å²) in [6, 6.07) is 4.14. The highest BCUT2D eigenvalue weighted by Gasteiger charge is 2.10. The lowest BCUT2D eigenvalue weighted by Gasteiger charge is -2.08. The molecule has 0 heterocycles. The van der Waals surface area contributed by atoms with E-state index in [0.29, 0.717) is 17.8 Å². The quantitative estimate of drug-likeness (QED) is 0.837. The first-order valence-electron chi connectivity index (χ1n) is 4.30. The number of carbonyl (C=O) groups excluding carboxylic acids is 1. The Morgan fingerprint density at radius 3 is 2.86 bits per heavy atom. The number of rotatable bonds is 3. The van der Waals surface area contributed by atoms with E-state index in [-0.39, 0.29) is 10.9 Å².